The van der Waals surface area contributed by atoms with E-state index in [2.05, 4.69) is 34.9 Å². The van der Waals surface area contributed by atoms with Crippen LogP contribution in [0.5, 0.6) is 0 Å². The SMILES string of the molecule is Cc1ccc(NC(=O)C[NH2+]C(c2ccccc2)c2ccccc2)cc1Cl. The number of hydrogen-bond acceptors (Lipinski definition) is 1. The number of halogens is 1. The minimum atomic E-state index is -0.0539. The van der Waals surface area contributed by atoms with E-state index in [1.165, 1.54) is 11.1 Å². The van der Waals surface area contributed by atoms with Gasteiger partial charge in [0.25, 0.3) is 5.91 Å². The second-order valence-corrected chi connectivity index (χ2v) is 6.66. The molecule has 0 spiro atoms. The summed E-state index contributed by atoms with van der Waals surface area (Å²) in [5.74, 6) is -0.0539. The van der Waals surface area contributed by atoms with Crippen LogP contribution < -0.4 is 10.6 Å². The van der Waals surface area contributed by atoms with Crippen LogP contribution in [-0.2, 0) is 4.79 Å². The van der Waals surface area contributed by atoms with E-state index in [0.29, 0.717) is 11.6 Å². The summed E-state index contributed by atoms with van der Waals surface area (Å²) < 4.78 is 0. The summed E-state index contributed by atoms with van der Waals surface area (Å²) in [5.41, 5.74) is 4.05. The number of hydrogen-bond donors (Lipinski definition) is 2. The Kier molecular flexibility index (Phi) is 6.05. The topological polar surface area (TPSA) is 45.7 Å². The van der Waals surface area contributed by atoms with E-state index >= 15 is 0 Å². The summed E-state index contributed by atoms with van der Waals surface area (Å²) in [6, 6.07) is 26.1. The molecular weight excluding hydrogens is 344 g/mol. The summed E-state index contributed by atoms with van der Waals surface area (Å²) in [6.07, 6.45) is 0. The molecule has 0 fully saturated rings. The zero-order valence-electron chi connectivity index (χ0n) is 14.7. The minimum Gasteiger partial charge on any atom is -0.328 e. The largest absolute Gasteiger partial charge is 0.328 e. The van der Waals surface area contributed by atoms with Crippen molar-refractivity contribution in [1.82, 2.24) is 0 Å². The van der Waals surface area contributed by atoms with Crippen LogP contribution in [0.2, 0.25) is 5.02 Å². The Hall–Kier alpha value is -2.62. The highest BCUT2D eigenvalue weighted by atomic mass is 35.5. The molecule has 0 bridgehead atoms. The number of quaternary nitrogens is 1. The fourth-order valence-corrected chi connectivity index (χ4v) is 3.07. The Morgan fingerprint density at radius 1 is 0.962 bits per heavy atom. The second-order valence-electron chi connectivity index (χ2n) is 6.25. The standard InChI is InChI=1S/C22H21ClN2O/c1-16-12-13-19(14-20(16)23)25-21(26)15-24-22(17-8-4-2-5-9-17)18-10-6-3-7-11-18/h2-14,22,24H,15H2,1H3,(H,25,26)/p+1. The molecule has 0 aliphatic rings. The number of rotatable bonds is 6. The van der Waals surface area contributed by atoms with Crippen molar-refractivity contribution in [2.45, 2.75) is 13.0 Å². The summed E-state index contributed by atoms with van der Waals surface area (Å²) in [4.78, 5) is 12.4. The number of carbonyl (C=O) groups excluding carboxylic acids is 1. The summed E-state index contributed by atoms with van der Waals surface area (Å²) in [6.45, 7) is 2.26. The van der Waals surface area contributed by atoms with Crippen molar-refractivity contribution < 1.29 is 10.1 Å². The van der Waals surface area contributed by atoms with Crippen molar-refractivity contribution in [1.29, 1.82) is 0 Å². The summed E-state index contributed by atoms with van der Waals surface area (Å²) >= 11 is 6.13. The lowest BCUT2D eigenvalue weighted by atomic mass is 9.99. The molecule has 0 saturated carbocycles. The van der Waals surface area contributed by atoms with E-state index in [-0.39, 0.29) is 11.9 Å². The van der Waals surface area contributed by atoms with E-state index in [1.807, 2.05) is 55.5 Å². The highest BCUT2D eigenvalue weighted by Gasteiger charge is 2.18. The van der Waals surface area contributed by atoms with Crippen molar-refractivity contribution in [3.63, 3.8) is 0 Å². The molecule has 1 amide bonds. The third kappa shape index (κ3) is 4.72. The third-order valence-corrected chi connectivity index (χ3v) is 4.72. The van der Waals surface area contributed by atoms with Crippen LogP contribution in [0.1, 0.15) is 22.7 Å². The molecule has 0 saturated heterocycles. The number of carbonyl (C=O) groups is 1. The van der Waals surface area contributed by atoms with Gasteiger partial charge in [-0.1, -0.05) is 78.3 Å². The average Bonchev–Trinajstić information content (AvgIpc) is 2.67. The quantitative estimate of drug-likeness (QED) is 0.682. The van der Waals surface area contributed by atoms with Crippen LogP contribution in [0.25, 0.3) is 0 Å². The number of nitrogens with one attached hydrogen (secondary N) is 1. The van der Waals surface area contributed by atoms with Gasteiger partial charge in [-0.2, -0.15) is 0 Å². The van der Waals surface area contributed by atoms with Gasteiger partial charge in [-0.3, -0.25) is 4.79 Å². The molecule has 4 heteroatoms. The molecule has 0 unspecified atom stereocenters. The van der Waals surface area contributed by atoms with Gasteiger partial charge in [-0.05, 0) is 24.6 Å². The second kappa shape index (κ2) is 8.65. The predicted molar refractivity (Wildman–Crippen MR) is 106 cm³/mol. The Balaban J connectivity index is 1.69. The Labute approximate surface area is 159 Å². The van der Waals surface area contributed by atoms with Crippen LogP contribution in [0.15, 0.2) is 78.9 Å². The molecule has 3 rings (SSSR count). The number of benzene rings is 3. The van der Waals surface area contributed by atoms with Gasteiger partial charge in [-0.15, -0.1) is 0 Å². The molecule has 26 heavy (non-hydrogen) atoms. The van der Waals surface area contributed by atoms with Crippen molar-refractivity contribution >= 4 is 23.2 Å². The lowest BCUT2D eigenvalue weighted by Gasteiger charge is -2.16. The minimum absolute atomic E-state index is 0.0539. The molecule has 132 valence electrons. The molecule has 0 aliphatic carbocycles. The third-order valence-electron chi connectivity index (χ3n) is 4.31. The van der Waals surface area contributed by atoms with Gasteiger partial charge >= 0.3 is 0 Å². The van der Waals surface area contributed by atoms with E-state index in [4.69, 9.17) is 11.6 Å². The van der Waals surface area contributed by atoms with Crippen LogP contribution in [0.4, 0.5) is 5.69 Å². The number of nitrogens with two attached hydrogens (primary N) is 1. The normalized spacial score (nSPS) is 10.7. The molecule has 0 atom stereocenters. The van der Waals surface area contributed by atoms with Crippen molar-refractivity contribution in [2.24, 2.45) is 0 Å². The molecule has 0 heterocycles. The van der Waals surface area contributed by atoms with Crippen LogP contribution in [-0.4, -0.2) is 12.5 Å². The molecule has 3 N–H and O–H groups in total. The Bertz CT molecular complexity index is 826. The van der Waals surface area contributed by atoms with Gasteiger partial charge in [-0.25, -0.2) is 0 Å². The van der Waals surface area contributed by atoms with Gasteiger partial charge in [0.15, 0.2) is 6.54 Å². The van der Waals surface area contributed by atoms with Crippen molar-refractivity contribution in [2.75, 3.05) is 11.9 Å². The van der Waals surface area contributed by atoms with Crippen molar-refractivity contribution in [3.8, 4) is 0 Å². The van der Waals surface area contributed by atoms with Gasteiger partial charge in [0.1, 0.15) is 6.04 Å². The van der Waals surface area contributed by atoms with Crippen LogP contribution >= 0.6 is 11.6 Å². The highest BCUT2D eigenvalue weighted by Crippen LogP contribution is 2.20. The number of amides is 1. The Morgan fingerprint density at radius 2 is 1.54 bits per heavy atom. The zero-order valence-corrected chi connectivity index (χ0v) is 15.4. The maximum atomic E-state index is 12.4. The van der Waals surface area contributed by atoms with Gasteiger partial charge in [0.05, 0.1) is 0 Å². The van der Waals surface area contributed by atoms with Gasteiger partial charge in [0.2, 0.25) is 0 Å². The smallest absolute Gasteiger partial charge is 0.279 e. The monoisotopic (exact) mass is 365 g/mol. The average molecular weight is 366 g/mol. The van der Waals surface area contributed by atoms with E-state index in [0.717, 1.165) is 11.3 Å². The lowest BCUT2D eigenvalue weighted by Crippen LogP contribution is -2.87. The predicted octanol–water partition coefficient (Wildman–Crippen LogP) is 3.94. The molecule has 0 aliphatic heterocycles. The highest BCUT2D eigenvalue weighted by molar-refractivity contribution is 6.31. The number of aryl methyl sites for hydroxylation is 1. The molecule has 3 aromatic carbocycles. The molecule has 0 aromatic heterocycles. The summed E-state index contributed by atoms with van der Waals surface area (Å²) in [7, 11) is 0. The van der Waals surface area contributed by atoms with Crippen molar-refractivity contribution in [3.05, 3.63) is 101 Å². The molecule has 0 radical (unpaired) electrons. The summed E-state index contributed by atoms with van der Waals surface area (Å²) in [5, 5.41) is 5.62. The van der Waals surface area contributed by atoms with E-state index in [1.54, 1.807) is 6.07 Å². The van der Waals surface area contributed by atoms with E-state index < -0.39 is 0 Å². The fourth-order valence-electron chi connectivity index (χ4n) is 2.89. The first kappa shape index (κ1) is 18.2. The maximum absolute atomic E-state index is 12.4. The van der Waals surface area contributed by atoms with Gasteiger partial charge in [0, 0.05) is 21.8 Å². The molecule has 3 aromatic rings. The van der Waals surface area contributed by atoms with Gasteiger partial charge < -0.3 is 10.6 Å². The fraction of sp³-hybridized carbons (Fsp3) is 0.136. The van der Waals surface area contributed by atoms with Crippen LogP contribution in [0, 0.1) is 6.92 Å². The maximum Gasteiger partial charge on any atom is 0.279 e. The molecule has 3 nitrogen and oxygen atoms in total. The molecular formula is C22H22ClN2O+. The zero-order chi connectivity index (χ0) is 18.4. The van der Waals surface area contributed by atoms with E-state index in [9.17, 15) is 4.79 Å². The lowest BCUT2D eigenvalue weighted by molar-refractivity contribution is -0.676. The Morgan fingerprint density at radius 3 is 2.08 bits per heavy atom. The first-order valence-corrected chi connectivity index (χ1v) is 9.00. The van der Waals surface area contributed by atoms with Crippen LogP contribution in [0.3, 0.4) is 0 Å². The first-order valence-electron chi connectivity index (χ1n) is 8.62. The first-order chi connectivity index (χ1) is 12.6. The number of anilines is 1.